The van der Waals surface area contributed by atoms with E-state index in [0.29, 0.717) is 23.2 Å². The molecule has 1 fully saturated rings. The highest BCUT2D eigenvalue weighted by Gasteiger charge is 2.32. The highest BCUT2D eigenvalue weighted by Crippen LogP contribution is 2.34. The lowest BCUT2D eigenvalue weighted by atomic mass is 10.2. The second kappa shape index (κ2) is 8.54. The first-order valence-electron chi connectivity index (χ1n) is 8.40. The van der Waals surface area contributed by atoms with Crippen molar-refractivity contribution in [3.05, 3.63) is 77.7 Å². The minimum atomic E-state index is -0.0524. The summed E-state index contributed by atoms with van der Waals surface area (Å²) >= 11 is 1.38. The van der Waals surface area contributed by atoms with Crippen LogP contribution in [0.2, 0.25) is 0 Å². The van der Waals surface area contributed by atoms with Crippen molar-refractivity contribution in [2.75, 3.05) is 13.2 Å². The summed E-state index contributed by atoms with van der Waals surface area (Å²) in [5, 5.41) is 0.654. The summed E-state index contributed by atoms with van der Waals surface area (Å²) < 4.78 is 5.45. The predicted molar refractivity (Wildman–Crippen MR) is 109 cm³/mol. The maximum atomic E-state index is 12.7. The smallest absolute Gasteiger partial charge is 0.267 e. The molecule has 3 rings (SSSR count). The SMILES string of the molecule is C=CCN1C(=O)C(=Cc2ccccc2)SC1=Nc1ccc(OCC)cc1. The quantitative estimate of drug-likeness (QED) is 0.542. The van der Waals surface area contributed by atoms with Crippen molar-refractivity contribution in [2.45, 2.75) is 6.92 Å². The topological polar surface area (TPSA) is 41.9 Å². The third-order valence-electron chi connectivity index (χ3n) is 3.67. The van der Waals surface area contributed by atoms with Crippen molar-refractivity contribution in [3.63, 3.8) is 0 Å². The van der Waals surface area contributed by atoms with Gasteiger partial charge < -0.3 is 4.74 Å². The molecule has 0 unspecified atom stereocenters. The Morgan fingerprint density at radius 3 is 2.54 bits per heavy atom. The lowest BCUT2D eigenvalue weighted by molar-refractivity contribution is -0.121. The van der Waals surface area contributed by atoms with Crippen molar-refractivity contribution >= 4 is 34.6 Å². The average Bonchev–Trinajstić information content (AvgIpc) is 2.94. The molecule has 2 aromatic rings. The highest BCUT2D eigenvalue weighted by atomic mass is 32.2. The van der Waals surface area contributed by atoms with Gasteiger partial charge in [0.2, 0.25) is 0 Å². The van der Waals surface area contributed by atoms with Crippen LogP contribution in [0.15, 0.2) is 77.1 Å². The maximum absolute atomic E-state index is 12.7. The molecule has 1 aliphatic rings. The van der Waals surface area contributed by atoms with Crippen molar-refractivity contribution in [3.8, 4) is 5.75 Å². The van der Waals surface area contributed by atoms with E-state index in [2.05, 4.69) is 11.6 Å². The lowest BCUT2D eigenvalue weighted by Crippen LogP contribution is -2.29. The Labute approximate surface area is 157 Å². The second-order valence-corrected chi connectivity index (χ2v) is 6.56. The van der Waals surface area contributed by atoms with Gasteiger partial charge in [-0.3, -0.25) is 9.69 Å². The van der Waals surface area contributed by atoms with Crippen LogP contribution in [0.4, 0.5) is 5.69 Å². The number of thioether (sulfide) groups is 1. The molecule has 0 saturated carbocycles. The van der Waals surface area contributed by atoms with Crippen LogP contribution in [0.5, 0.6) is 5.75 Å². The first kappa shape index (κ1) is 18.0. The fourth-order valence-corrected chi connectivity index (χ4v) is 3.48. The van der Waals surface area contributed by atoms with E-state index in [1.807, 2.05) is 67.6 Å². The van der Waals surface area contributed by atoms with Gasteiger partial charge in [-0.25, -0.2) is 4.99 Å². The molecule has 0 spiro atoms. The molecular weight excluding hydrogens is 344 g/mol. The third kappa shape index (κ3) is 4.24. The molecule has 0 atom stereocenters. The van der Waals surface area contributed by atoms with Gasteiger partial charge in [0.15, 0.2) is 5.17 Å². The third-order valence-corrected chi connectivity index (χ3v) is 4.68. The van der Waals surface area contributed by atoms with Crippen LogP contribution >= 0.6 is 11.8 Å². The fourth-order valence-electron chi connectivity index (χ4n) is 2.48. The van der Waals surface area contributed by atoms with E-state index in [1.165, 1.54) is 11.8 Å². The molecule has 0 aliphatic carbocycles. The largest absolute Gasteiger partial charge is 0.494 e. The lowest BCUT2D eigenvalue weighted by Gasteiger charge is -2.12. The van der Waals surface area contributed by atoms with E-state index >= 15 is 0 Å². The van der Waals surface area contributed by atoms with Gasteiger partial charge in [0.25, 0.3) is 5.91 Å². The number of ether oxygens (including phenoxy) is 1. The number of carbonyl (C=O) groups excluding carboxylic acids is 1. The van der Waals surface area contributed by atoms with E-state index in [4.69, 9.17) is 4.74 Å². The second-order valence-electron chi connectivity index (χ2n) is 5.55. The monoisotopic (exact) mass is 364 g/mol. The minimum Gasteiger partial charge on any atom is -0.494 e. The highest BCUT2D eigenvalue weighted by molar-refractivity contribution is 8.18. The molecule has 1 saturated heterocycles. The minimum absolute atomic E-state index is 0.0524. The predicted octanol–water partition coefficient (Wildman–Crippen LogP) is 4.88. The molecular formula is C21H20N2O2S. The van der Waals surface area contributed by atoms with Gasteiger partial charge in [-0.15, -0.1) is 6.58 Å². The molecule has 2 aromatic carbocycles. The van der Waals surface area contributed by atoms with Gasteiger partial charge >= 0.3 is 0 Å². The van der Waals surface area contributed by atoms with E-state index in [-0.39, 0.29) is 5.91 Å². The Balaban J connectivity index is 1.88. The van der Waals surface area contributed by atoms with Gasteiger partial charge in [0.1, 0.15) is 5.75 Å². The van der Waals surface area contributed by atoms with Gasteiger partial charge in [-0.2, -0.15) is 0 Å². The van der Waals surface area contributed by atoms with E-state index in [9.17, 15) is 4.79 Å². The molecule has 0 aromatic heterocycles. The number of aliphatic imine (C=N–C) groups is 1. The fraction of sp³-hybridized carbons (Fsp3) is 0.143. The summed E-state index contributed by atoms with van der Waals surface area (Å²) in [5.74, 6) is 0.752. The maximum Gasteiger partial charge on any atom is 0.267 e. The Morgan fingerprint density at radius 2 is 1.88 bits per heavy atom. The van der Waals surface area contributed by atoms with Crippen molar-refractivity contribution in [1.82, 2.24) is 4.90 Å². The zero-order valence-electron chi connectivity index (χ0n) is 14.6. The van der Waals surface area contributed by atoms with Gasteiger partial charge in [-0.05, 0) is 54.6 Å². The van der Waals surface area contributed by atoms with Crippen molar-refractivity contribution < 1.29 is 9.53 Å². The van der Waals surface area contributed by atoms with Crippen LogP contribution in [-0.4, -0.2) is 29.1 Å². The van der Waals surface area contributed by atoms with E-state index < -0.39 is 0 Å². The van der Waals surface area contributed by atoms with Crippen molar-refractivity contribution in [1.29, 1.82) is 0 Å². The Kier molecular flexibility index (Phi) is 5.92. The number of rotatable bonds is 6. The molecule has 0 radical (unpaired) electrons. The molecule has 0 N–H and O–H groups in total. The summed E-state index contributed by atoms with van der Waals surface area (Å²) in [4.78, 5) is 19.7. The Morgan fingerprint density at radius 1 is 1.15 bits per heavy atom. The first-order valence-corrected chi connectivity index (χ1v) is 9.22. The summed E-state index contributed by atoms with van der Waals surface area (Å²) in [6.07, 6.45) is 3.60. The standard InChI is InChI=1S/C21H20N2O2S/c1-3-14-23-20(24)19(15-16-8-6-5-7-9-16)26-21(23)22-17-10-12-18(13-11-17)25-4-2/h3,5-13,15H,1,4,14H2,2H3. The number of amidine groups is 1. The molecule has 26 heavy (non-hydrogen) atoms. The molecule has 132 valence electrons. The number of benzene rings is 2. The van der Waals surface area contributed by atoms with Crippen molar-refractivity contribution in [2.24, 2.45) is 4.99 Å². The summed E-state index contributed by atoms with van der Waals surface area (Å²) in [5.41, 5.74) is 1.77. The van der Waals surface area contributed by atoms with Gasteiger partial charge in [-0.1, -0.05) is 36.4 Å². The van der Waals surface area contributed by atoms with Crippen LogP contribution < -0.4 is 4.74 Å². The van der Waals surface area contributed by atoms with E-state index in [1.54, 1.807) is 11.0 Å². The number of amides is 1. The normalized spacial score (nSPS) is 17.1. The molecule has 4 nitrogen and oxygen atoms in total. The Hall–Kier alpha value is -2.79. The first-order chi connectivity index (χ1) is 12.7. The number of carbonyl (C=O) groups is 1. The number of hydrogen-bond acceptors (Lipinski definition) is 4. The summed E-state index contributed by atoms with van der Waals surface area (Å²) in [7, 11) is 0. The van der Waals surface area contributed by atoms with Crippen LogP contribution in [0.1, 0.15) is 12.5 Å². The summed E-state index contributed by atoms with van der Waals surface area (Å²) in [6, 6.07) is 17.3. The Bertz CT molecular complexity index is 842. The molecule has 5 heteroatoms. The van der Waals surface area contributed by atoms with Gasteiger partial charge in [0.05, 0.1) is 17.2 Å². The van der Waals surface area contributed by atoms with Crippen LogP contribution in [0.3, 0.4) is 0 Å². The molecule has 0 bridgehead atoms. The zero-order valence-corrected chi connectivity index (χ0v) is 15.4. The summed E-state index contributed by atoms with van der Waals surface area (Å²) in [6.45, 7) is 6.74. The number of nitrogens with zero attached hydrogens (tertiary/aromatic N) is 2. The molecule has 1 heterocycles. The molecule has 1 amide bonds. The van der Waals surface area contributed by atoms with Crippen LogP contribution in [0, 0.1) is 0 Å². The van der Waals surface area contributed by atoms with E-state index in [0.717, 1.165) is 17.0 Å². The van der Waals surface area contributed by atoms with Gasteiger partial charge in [0, 0.05) is 6.54 Å². The van der Waals surface area contributed by atoms with Crippen LogP contribution in [0.25, 0.3) is 6.08 Å². The average molecular weight is 364 g/mol. The molecule has 1 aliphatic heterocycles. The number of hydrogen-bond donors (Lipinski definition) is 0. The van der Waals surface area contributed by atoms with Crippen LogP contribution in [-0.2, 0) is 4.79 Å². The zero-order chi connectivity index (χ0) is 18.4.